The summed E-state index contributed by atoms with van der Waals surface area (Å²) in [6.07, 6.45) is 0. The number of rotatable bonds is 9. The maximum absolute atomic E-state index is 5.36. The fourth-order valence-corrected chi connectivity index (χ4v) is 9.96. The summed E-state index contributed by atoms with van der Waals surface area (Å²) in [5.74, 6) is 2.29. The predicted molar refractivity (Wildman–Crippen MR) is 292 cm³/mol. The zero-order chi connectivity index (χ0) is 48.0. The van der Waals surface area contributed by atoms with E-state index in [0.717, 1.165) is 72.3 Å². The van der Waals surface area contributed by atoms with E-state index in [4.69, 9.17) is 24.9 Å². The minimum absolute atomic E-state index is 0.533. The number of nitrogens with zero attached hydrogens (tertiary/aromatic N) is 6. The van der Waals surface area contributed by atoms with E-state index in [9.17, 15) is 0 Å². The third-order valence-corrected chi connectivity index (χ3v) is 13.5. The van der Waals surface area contributed by atoms with Crippen LogP contribution < -0.4 is 0 Å². The number of fused-ring (bicyclic) bond motifs is 3. The first-order valence-corrected chi connectivity index (χ1v) is 24.1. The van der Waals surface area contributed by atoms with Gasteiger partial charge in [0, 0.05) is 44.2 Å². The molecule has 0 aliphatic carbocycles. The van der Waals surface area contributed by atoms with Crippen LogP contribution >= 0.6 is 0 Å². The lowest BCUT2D eigenvalue weighted by Gasteiger charge is -2.17. The Balaban J connectivity index is 1.15. The molecule has 0 saturated carbocycles. The standard InChI is InChI=1S/C65H48N6/c1-41-25-30-52(43(3)35-41)49-27-32-59-54(37-49)55-38-50(53-31-26-42(2)36-44(53)4)28-33-60(55)71(59)61-34-29-51(64-66-57(45-17-9-5-10-18-45)40-58(67-64)46-19-11-6-12-20-46)39-56(61)65-69-62(47-21-13-7-14-22-47)68-63(70-65)48-23-15-8-16-24-48/h5-40H,1-4H3. The highest BCUT2D eigenvalue weighted by atomic mass is 15.1. The molecule has 12 aromatic rings. The van der Waals surface area contributed by atoms with Crippen LogP contribution in [0.1, 0.15) is 22.3 Å². The Labute approximate surface area is 413 Å². The lowest BCUT2D eigenvalue weighted by molar-refractivity contribution is 1.06. The van der Waals surface area contributed by atoms with Gasteiger partial charge in [-0.15, -0.1) is 0 Å². The Morgan fingerprint density at radius 3 is 1.14 bits per heavy atom. The van der Waals surface area contributed by atoms with E-state index < -0.39 is 0 Å². The maximum Gasteiger partial charge on any atom is 0.166 e. The molecule has 0 unspecified atom stereocenters. The summed E-state index contributed by atoms with van der Waals surface area (Å²) < 4.78 is 2.38. The van der Waals surface area contributed by atoms with Crippen molar-refractivity contribution in [2.75, 3.05) is 0 Å². The molecule has 0 spiro atoms. The second-order valence-corrected chi connectivity index (χ2v) is 18.4. The molecule has 0 fully saturated rings. The van der Waals surface area contributed by atoms with Crippen molar-refractivity contribution in [3.63, 3.8) is 0 Å². The van der Waals surface area contributed by atoms with Gasteiger partial charge in [-0.2, -0.15) is 0 Å². The smallest absolute Gasteiger partial charge is 0.166 e. The van der Waals surface area contributed by atoms with Crippen LogP contribution in [0.4, 0.5) is 0 Å². The zero-order valence-corrected chi connectivity index (χ0v) is 40.0. The van der Waals surface area contributed by atoms with Crippen LogP contribution in [0.15, 0.2) is 218 Å². The van der Waals surface area contributed by atoms with Crippen molar-refractivity contribution in [1.29, 1.82) is 0 Å². The van der Waals surface area contributed by atoms with Crippen LogP contribution in [0.5, 0.6) is 0 Å². The third kappa shape index (κ3) is 8.25. The lowest BCUT2D eigenvalue weighted by Crippen LogP contribution is -2.04. The van der Waals surface area contributed by atoms with Gasteiger partial charge in [0.1, 0.15) is 0 Å². The first-order chi connectivity index (χ1) is 34.8. The van der Waals surface area contributed by atoms with Crippen LogP contribution in [0.2, 0.25) is 0 Å². The van der Waals surface area contributed by atoms with Crippen molar-refractivity contribution in [2.45, 2.75) is 27.7 Å². The summed E-state index contributed by atoms with van der Waals surface area (Å²) in [5.41, 5.74) is 19.9. The van der Waals surface area contributed by atoms with Crippen molar-refractivity contribution < 1.29 is 0 Å². The zero-order valence-electron chi connectivity index (χ0n) is 40.0. The molecular formula is C65H48N6. The third-order valence-electron chi connectivity index (χ3n) is 13.5. The number of aromatic nitrogens is 6. The van der Waals surface area contributed by atoms with Crippen molar-refractivity contribution in [2.24, 2.45) is 0 Å². The molecule has 6 heteroatoms. The summed E-state index contributed by atoms with van der Waals surface area (Å²) in [5, 5.41) is 2.30. The molecule has 0 radical (unpaired) electrons. The minimum atomic E-state index is 0.533. The molecular weight excluding hydrogens is 865 g/mol. The number of hydrogen-bond donors (Lipinski definition) is 0. The summed E-state index contributed by atoms with van der Waals surface area (Å²) in [7, 11) is 0. The second-order valence-electron chi connectivity index (χ2n) is 18.4. The monoisotopic (exact) mass is 912 g/mol. The van der Waals surface area contributed by atoms with E-state index in [1.165, 1.54) is 44.5 Å². The molecule has 0 atom stereocenters. The van der Waals surface area contributed by atoms with Crippen LogP contribution in [0.25, 0.3) is 118 Å². The fraction of sp³-hybridized carbons (Fsp3) is 0.0615. The van der Waals surface area contributed by atoms with Gasteiger partial charge in [0.25, 0.3) is 0 Å². The van der Waals surface area contributed by atoms with Crippen LogP contribution in [0.3, 0.4) is 0 Å². The Hall–Kier alpha value is -9.13. The molecule has 0 bridgehead atoms. The highest BCUT2D eigenvalue weighted by Gasteiger charge is 2.23. The highest BCUT2D eigenvalue weighted by Crippen LogP contribution is 2.42. The number of benzene rings is 9. The topological polar surface area (TPSA) is 69.4 Å². The van der Waals surface area contributed by atoms with Gasteiger partial charge >= 0.3 is 0 Å². The average molecular weight is 913 g/mol. The summed E-state index contributed by atoms with van der Waals surface area (Å²) in [6.45, 7) is 8.70. The lowest BCUT2D eigenvalue weighted by atomic mass is 9.95. The summed E-state index contributed by atoms with van der Waals surface area (Å²) in [4.78, 5) is 26.4. The highest BCUT2D eigenvalue weighted by molar-refractivity contribution is 6.12. The molecule has 3 aromatic heterocycles. The molecule has 71 heavy (non-hydrogen) atoms. The van der Waals surface area contributed by atoms with Gasteiger partial charge < -0.3 is 4.57 Å². The average Bonchev–Trinajstić information content (AvgIpc) is 3.74. The van der Waals surface area contributed by atoms with Crippen molar-refractivity contribution >= 4 is 21.8 Å². The van der Waals surface area contributed by atoms with Crippen molar-refractivity contribution in [1.82, 2.24) is 29.5 Å². The first-order valence-electron chi connectivity index (χ1n) is 24.1. The van der Waals surface area contributed by atoms with Crippen molar-refractivity contribution in [3.05, 3.63) is 241 Å². The van der Waals surface area contributed by atoms with E-state index in [1.807, 2.05) is 97.1 Å². The molecule has 3 heterocycles. The Kier molecular flexibility index (Phi) is 11.0. The Morgan fingerprint density at radius 1 is 0.282 bits per heavy atom. The Bertz CT molecular complexity index is 3730. The molecule has 12 rings (SSSR count). The van der Waals surface area contributed by atoms with Crippen LogP contribution in [-0.2, 0) is 0 Å². The predicted octanol–water partition coefficient (Wildman–Crippen LogP) is 16.3. The molecule has 338 valence electrons. The molecule has 0 saturated heterocycles. The first kappa shape index (κ1) is 43.2. The van der Waals surface area contributed by atoms with Gasteiger partial charge in [-0.3, -0.25) is 0 Å². The van der Waals surface area contributed by atoms with Crippen LogP contribution in [-0.4, -0.2) is 29.5 Å². The fourth-order valence-electron chi connectivity index (χ4n) is 9.96. The van der Waals surface area contributed by atoms with E-state index in [-0.39, 0.29) is 0 Å². The molecule has 9 aromatic carbocycles. The van der Waals surface area contributed by atoms with E-state index in [0.29, 0.717) is 23.3 Å². The number of hydrogen-bond acceptors (Lipinski definition) is 5. The largest absolute Gasteiger partial charge is 0.308 e. The van der Waals surface area contributed by atoms with E-state index >= 15 is 0 Å². The molecule has 0 amide bonds. The minimum Gasteiger partial charge on any atom is -0.308 e. The van der Waals surface area contributed by atoms with Crippen molar-refractivity contribution in [3.8, 4) is 96.0 Å². The van der Waals surface area contributed by atoms with E-state index in [2.05, 4.69) is 154 Å². The Morgan fingerprint density at radius 2 is 0.690 bits per heavy atom. The van der Waals surface area contributed by atoms with Crippen LogP contribution in [0, 0.1) is 27.7 Å². The van der Waals surface area contributed by atoms with Gasteiger partial charge in [0.2, 0.25) is 0 Å². The normalized spacial score (nSPS) is 11.4. The van der Waals surface area contributed by atoms with Gasteiger partial charge in [-0.25, -0.2) is 24.9 Å². The van der Waals surface area contributed by atoms with Gasteiger partial charge in [-0.1, -0.05) is 181 Å². The quantitative estimate of drug-likeness (QED) is 0.144. The van der Waals surface area contributed by atoms with Gasteiger partial charge in [0.15, 0.2) is 23.3 Å². The van der Waals surface area contributed by atoms with E-state index in [1.54, 1.807) is 0 Å². The summed E-state index contributed by atoms with van der Waals surface area (Å²) in [6, 6.07) is 76.7. The number of aryl methyl sites for hydroxylation is 4. The molecule has 0 aliphatic heterocycles. The second kappa shape index (κ2) is 18.1. The molecule has 6 nitrogen and oxygen atoms in total. The van der Waals surface area contributed by atoms with Gasteiger partial charge in [-0.05, 0) is 110 Å². The molecule has 0 N–H and O–H groups in total. The molecule has 0 aliphatic rings. The van der Waals surface area contributed by atoms with Gasteiger partial charge in [0.05, 0.1) is 28.1 Å². The maximum atomic E-state index is 5.36. The summed E-state index contributed by atoms with van der Waals surface area (Å²) >= 11 is 0. The SMILES string of the molecule is Cc1ccc(-c2ccc3c(c2)c2cc(-c4ccc(C)cc4C)ccc2n3-c2ccc(-c3nc(-c4ccccc4)cc(-c4ccccc4)n3)cc2-c2nc(-c3ccccc3)nc(-c3ccccc3)n2)c(C)c1.